The molecule has 0 saturated carbocycles. The predicted octanol–water partition coefficient (Wildman–Crippen LogP) is 1.95. The molecule has 0 aromatic rings. The van der Waals surface area contributed by atoms with E-state index in [1.807, 2.05) is 13.0 Å². The minimum absolute atomic E-state index is 0.314. The van der Waals surface area contributed by atoms with Gasteiger partial charge in [0.2, 0.25) is 0 Å². The van der Waals surface area contributed by atoms with E-state index in [-0.39, 0.29) is 6.09 Å². The smallest absolute Gasteiger partial charge is 0.414 e. The first kappa shape index (κ1) is 10.5. The molecule has 4 nitrogen and oxygen atoms in total. The van der Waals surface area contributed by atoms with E-state index >= 15 is 0 Å². The first-order valence-electron chi connectivity index (χ1n) is 4.45. The van der Waals surface area contributed by atoms with E-state index in [1.165, 1.54) is 0 Å². The highest BCUT2D eigenvalue weighted by Crippen LogP contribution is 2.10. The number of hydrogen-bond acceptors (Lipinski definition) is 3. The van der Waals surface area contributed by atoms with Crippen LogP contribution in [-0.2, 0) is 4.74 Å². The van der Waals surface area contributed by atoms with Crippen molar-refractivity contribution >= 4 is 12.3 Å². The number of hydrogen-bond donors (Lipinski definition) is 0. The first-order chi connectivity index (χ1) is 6.65. The summed E-state index contributed by atoms with van der Waals surface area (Å²) in [5.74, 6) is 0. The van der Waals surface area contributed by atoms with Gasteiger partial charge >= 0.3 is 6.09 Å². The van der Waals surface area contributed by atoms with Gasteiger partial charge in [-0.1, -0.05) is 12.7 Å². The van der Waals surface area contributed by atoms with Gasteiger partial charge in [0.25, 0.3) is 0 Å². The third kappa shape index (κ3) is 2.45. The Bertz CT molecular complexity index is 305. The van der Waals surface area contributed by atoms with Crippen LogP contribution in [0.4, 0.5) is 4.79 Å². The van der Waals surface area contributed by atoms with Crippen LogP contribution in [0.3, 0.4) is 0 Å². The maximum atomic E-state index is 11.2. The molecule has 0 aromatic heterocycles. The van der Waals surface area contributed by atoms with E-state index < -0.39 is 0 Å². The third-order valence-corrected chi connectivity index (χ3v) is 1.79. The lowest BCUT2D eigenvalue weighted by Crippen LogP contribution is -2.24. The number of rotatable bonds is 3. The maximum Gasteiger partial charge on any atom is 0.414 e. The average Bonchev–Trinajstić information content (AvgIpc) is 2.53. The fraction of sp³-hybridized carbons (Fsp3) is 0.400. The minimum atomic E-state index is -0.314. The van der Waals surface area contributed by atoms with Crippen LogP contribution in [-0.4, -0.2) is 30.4 Å². The van der Waals surface area contributed by atoms with Crippen LogP contribution in [0.15, 0.2) is 29.0 Å². The predicted molar refractivity (Wildman–Crippen MR) is 55.1 cm³/mol. The van der Waals surface area contributed by atoms with Crippen molar-refractivity contribution in [2.45, 2.75) is 13.8 Å². The lowest BCUT2D eigenvalue weighted by molar-refractivity contribution is 0.165. The summed E-state index contributed by atoms with van der Waals surface area (Å²) in [6.07, 6.45) is 3.12. The zero-order valence-electron chi connectivity index (χ0n) is 8.49. The van der Waals surface area contributed by atoms with Crippen molar-refractivity contribution in [3.63, 3.8) is 0 Å². The van der Waals surface area contributed by atoms with Crippen molar-refractivity contribution in [3.05, 3.63) is 24.0 Å². The van der Waals surface area contributed by atoms with Gasteiger partial charge in [0.05, 0.1) is 18.5 Å². The van der Waals surface area contributed by atoms with Crippen LogP contribution in [0, 0.1) is 0 Å². The molecule has 1 fully saturated rings. The molecule has 0 spiro atoms. The number of cyclic esters (lactones) is 1. The van der Waals surface area contributed by atoms with Crippen LogP contribution in [0.2, 0.25) is 0 Å². The van der Waals surface area contributed by atoms with E-state index in [1.54, 1.807) is 18.0 Å². The Labute approximate surface area is 83.6 Å². The average molecular weight is 194 g/mol. The third-order valence-electron chi connectivity index (χ3n) is 1.79. The number of carbonyl (C=O) groups is 1. The molecule has 76 valence electrons. The molecule has 1 rings (SSSR count). The van der Waals surface area contributed by atoms with Gasteiger partial charge in [-0.05, 0) is 13.8 Å². The lowest BCUT2D eigenvalue weighted by atomic mass is 10.4. The van der Waals surface area contributed by atoms with E-state index in [2.05, 4.69) is 11.6 Å². The minimum Gasteiger partial charge on any atom is -0.447 e. The van der Waals surface area contributed by atoms with Crippen molar-refractivity contribution in [1.29, 1.82) is 0 Å². The maximum absolute atomic E-state index is 11.2. The molecular formula is C10H14N2O2. The van der Waals surface area contributed by atoms with Gasteiger partial charge in [-0.2, -0.15) is 0 Å². The van der Waals surface area contributed by atoms with Gasteiger partial charge in [-0.3, -0.25) is 9.89 Å². The quantitative estimate of drug-likeness (QED) is 0.644. The first-order valence-corrected chi connectivity index (χ1v) is 4.45. The Morgan fingerprint density at radius 3 is 2.86 bits per heavy atom. The summed E-state index contributed by atoms with van der Waals surface area (Å²) in [5, 5.41) is 0. The van der Waals surface area contributed by atoms with Gasteiger partial charge in [-0.25, -0.2) is 4.79 Å². The standard InChI is InChI=1S/C10H14N2O2/c1-4-9(7-11-8(2)3)12-5-6-14-10(12)13/h4,7H,2,5-6H2,1,3H3/b9-4+,11-7?. The van der Waals surface area contributed by atoms with Crippen molar-refractivity contribution in [1.82, 2.24) is 4.90 Å². The highest BCUT2D eigenvalue weighted by molar-refractivity contribution is 5.86. The SMILES string of the molecule is C=C(C)N=C/C(=C\C)N1CCOC1=O. The molecule has 0 unspecified atom stereocenters. The van der Waals surface area contributed by atoms with Crippen molar-refractivity contribution < 1.29 is 9.53 Å². The van der Waals surface area contributed by atoms with Crippen molar-refractivity contribution in [2.75, 3.05) is 13.2 Å². The van der Waals surface area contributed by atoms with Gasteiger partial charge < -0.3 is 4.74 Å². The van der Waals surface area contributed by atoms with E-state index in [9.17, 15) is 4.79 Å². The van der Waals surface area contributed by atoms with Crippen molar-refractivity contribution in [3.8, 4) is 0 Å². The number of amides is 1. The van der Waals surface area contributed by atoms with E-state index in [4.69, 9.17) is 4.74 Å². The highest BCUT2D eigenvalue weighted by Gasteiger charge is 2.23. The molecular weight excluding hydrogens is 180 g/mol. The van der Waals surface area contributed by atoms with Crippen LogP contribution in [0.5, 0.6) is 0 Å². The molecule has 0 N–H and O–H groups in total. The summed E-state index contributed by atoms with van der Waals surface area (Å²) in [6, 6.07) is 0. The topological polar surface area (TPSA) is 41.9 Å². The summed E-state index contributed by atoms with van der Waals surface area (Å²) >= 11 is 0. The molecule has 0 aromatic carbocycles. The van der Waals surface area contributed by atoms with Crippen LogP contribution >= 0.6 is 0 Å². The molecule has 1 aliphatic rings. The summed E-state index contributed by atoms with van der Waals surface area (Å²) in [4.78, 5) is 16.8. The Hall–Kier alpha value is -1.58. The van der Waals surface area contributed by atoms with Gasteiger partial charge in [-0.15, -0.1) is 0 Å². The number of allylic oxidation sites excluding steroid dienone is 3. The number of nitrogens with zero attached hydrogens (tertiary/aromatic N) is 2. The molecule has 1 heterocycles. The molecule has 0 atom stereocenters. The second-order valence-corrected chi connectivity index (χ2v) is 2.97. The summed E-state index contributed by atoms with van der Waals surface area (Å²) in [5.41, 5.74) is 1.45. The second kappa shape index (κ2) is 4.60. The summed E-state index contributed by atoms with van der Waals surface area (Å²) in [7, 11) is 0. The zero-order chi connectivity index (χ0) is 10.6. The molecule has 1 saturated heterocycles. The Kier molecular flexibility index (Phi) is 3.45. The van der Waals surface area contributed by atoms with Crippen molar-refractivity contribution in [2.24, 2.45) is 4.99 Å². The molecule has 0 bridgehead atoms. The fourth-order valence-corrected chi connectivity index (χ4v) is 1.10. The van der Waals surface area contributed by atoms with Gasteiger partial charge in [0, 0.05) is 5.70 Å². The lowest BCUT2D eigenvalue weighted by Gasteiger charge is -2.12. The van der Waals surface area contributed by atoms with Gasteiger partial charge in [0.1, 0.15) is 6.61 Å². The monoisotopic (exact) mass is 194 g/mol. The fourth-order valence-electron chi connectivity index (χ4n) is 1.10. The number of carbonyl (C=O) groups excluding carboxylic acids is 1. The zero-order valence-corrected chi connectivity index (χ0v) is 8.49. The molecule has 1 amide bonds. The van der Waals surface area contributed by atoms with Crippen LogP contribution < -0.4 is 0 Å². The Balaban J connectivity index is 2.72. The van der Waals surface area contributed by atoms with E-state index in [0.29, 0.717) is 18.8 Å². The van der Waals surface area contributed by atoms with Gasteiger partial charge in [0.15, 0.2) is 0 Å². The van der Waals surface area contributed by atoms with Crippen LogP contribution in [0.1, 0.15) is 13.8 Å². The molecule has 14 heavy (non-hydrogen) atoms. The molecule has 0 aliphatic carbocycles. The molecule has 0 radical (unpaired) electrons. The van der Waals surface area contributed by atoms with E-state index in [0.717, 1.165) is 5.70 Å². The summed E-state index contributed by atoms with van der Waals surface area (Å²) in [6.45, 7) is 8.32. The normalized spacial score (nSPS) is 17.7. The molecule has 4 heteroatoms. The number of ether oxygens (including phenoxy) is 1. The Morgan fingerprint density at radius 1 is 1.71 bits per heavy atom. The largest absolute Gasteiger partial charge is 0.447 e. The molecule has 1 aliphatic heterocycles. The van der Waals surface area contributed by atoms with Crippen LogP contribution in [0.25, 0.3) is 0 Å². The highest BCUT2D eigenvalue weighted by atomic mass is 16.6. The second-order valence-electron chi connectivity index (χ2n) is 2.97. The summed E-state index contributed by atoms with van der Waals surface area (Å²) < 4.78 is 4.82. The number of aliphatic imine (C=N–C) groups is 1. The Morgan fingerprint density at radius 2 is 2.43 bits per heavy atom.